The molecule has 4 rings (SSSR count). The van der Waals surface area contributed by atoms with Crippen LogP contribution < -0.4 is 4.74 Å². The number of hydrogen-bond acceptors (Lipinski definition) is 6. The molecule has 0 atom stereocenters. The van der Waals surface area contributed by atoms with Crippen LogP contribution in [-0.4, -0.2) is 24.0 Å². The highest BCUT2D eigenvalue weighted by molar-refractivity contribution is 7.13. The molecule has 34 heavy (non-hydrogen) atoms. The van der Waals surface area contributed by atoms with E-state index in [4.69, 9.17) is 9.47 Å². The van der Waals surface area contributed by atoms with Gasteiger partial charge in [0.25, 0.3) is 0 Å². The van der Waals surface area contributed by atoms with E-state index >= 15 is 0 Å². The summed E-state index contributed by atoms with van der Waals surface area (Å²) in [5.74, 6) is -0.0690. The third-order valence-corrected chi connectivity index (χ3v) is 6.37. The highest BCUT2D eigenvalue weighted by Gasteiger charge is 2.19. The van der Waals surface area contributed by atoms with Crippen molar-refractivity contribution in [2.24, 2.45) is 0 Å². The lowest BCUT2D eigenvalue weighted by Crippen LogP contribution is -2.01. The molecule has 3 aromatic carbocycles. The average molecular weight is 473 g/mol. The van der Waals surface area contributed by atoms with Gasteiger partial charge in [-0.1, -0.05) is 42.5 Å². The van der Waals surface area contributed by atoms with Gasteiger partial charge in [-0.05, 0) is 65.7 Å². The SMILES string of the molecule is COC(=O)c1ccc(Cc2ccc(COc3ccc(C(C)=O)c(O)c3-c3cccs3)cc2)cc1. The Balaban J connectivity index is 1.46. The summed E-state index contributed by atoms with van der Waals surface area (Å²) in [6.07, 6.45) is 0.742. The van der Waals surface area contributed by atoms with E-state index in [0.717, 1.165) is 28.0 Å². The second kappa shape index (κ2) is 10.4. The molecule has 5 nitrogen and oxygen atoms in total. The summed E-state index contributed by atoms with van der Waals surface area (Å²) in [6.45, 7) is 1.76. The molecule has 0 spiro atoms. The summed E-state index contributed by atoms with van der Waals surface area (Å²) in [7, 11) is 1.37. The standard InChI is InChI=1S/C28H24O5S/c1-18(29)23-13-14-24(26(27(23)30)25-4-3-15-34-25)33-17-21-7-5-19(6-8-21)16-20-9-11-22(12-10-20)28(31)32-2/h3-15,30H,16-17H2,1-2H3. The van der Waals surface area contributed by atoms with E-state index in [0.29, 0.717) is 23.5 Å². The molecule has 0 aliphatic heterocycles. The zero-order valence-corrected chi connectivity index (χ0v) is 19.7. The number of ether oxygens (including phenoxy) is 2. The Morgan fingerprint density at radius 1 is 0.882 bits per heavy atom. The van der Waals surface area contributed by atoms with Crippen molar-refractivity contribution in [1.82, 2.24) is 0 Å². The number of aromatic hydroxyl groups is 1. The van der Waals surface area contributed by atoms with E-state index < -0.39 is 0 Å². The molecule has 0 fully saturated rings. The van der Waals surface area contributed by atoms with Gasteiger partial charge in [-0.15, -0.1) is 11.3 Å². The van der Waals surface area contributed by atoms with Crippen LogP contribution in [0.25, 0.3) is 10.4 Å². The van der Waals surface area contributed by atoms with Crippen LogP contribution in [0.1, 0.15) is 44.3 Å². The molecule has 0 bridgehead atoms. The number of phenolic OH excluding ortho intramolecular Hbond substituents is 1. The van der Waals surface area contributed by atoms with Crippen LogP contribution in [0.3, 0.4) is 0 Å². The van der Waals surface area contributed by atoms with Crippen LogP contribution in [0.5, 0.6) is 11.5 Å². The van der Waals surface area contributed by atoms with E-state index in [1.54, 1.807) is 24.3 Å². The zero-order chi connectivity index (χ0) is 24.1. The number of carbonyl (C=O) groups is 2. The minimum atomic E-state index is -0.345. The summed E-state index contributed by atoms with van der Waals surface area (Å²) in [4.78, 5) is 24.3. The minimum absolute atomic E-state index is 0.0546. The van der Waals surface area contributed by atoms with Gasteiger partial charge in [0, 0.05) is 4.88 Å². The van der Waals surface area contributed by atoms with Crippen LogP contribution in [0.4, 0.5) is 0 Å². The van der Waals surface area contributed by atoms with Gasteiger partial charge in [-0.3, -0.25) is 4.79 Å². The van der Waals surface area contributed by atoms with Crippen molar-refractivity contribution < 1.29 is 24.2 Å². The molecule has 4 aromatic rings. The van der Waals surface area contributed by atoms with Crippen LogP contribution in [0.2, 0.25) is 0 Å². The molecule has 0 aliphatic carbocycles. The maximum absolute atomic E-state index is 11.9. The summed E-state index contributed by atoms with van der Waals surface area (Å²) in [5, 5.41) is 12.6. The first kappa shape index (κ1) is 23.3. The highest BCUT2D eigenvalue weighted by Crippen LogP contribution is 2.42. The number of hydrogen-bond donors (Lipinski definition) is 1. The zero-order valence-electron chi connectivity index (χ0n) is 18.9. The Hall–Kier alpha value is -3.90. The minimum Gasteiger partial charge on any atom is -0.506 e. The maximum atomic E-state index is 11.9. The van der Waals surface area contributed by atoms with E-state index in [9.17, 15) is 14.7 Å². The van der Waals surface area contributed by atoms with Crippen LogP contribution in [0, 0.1) is 0 Å². The number of benzene rings is 3. The first-order valence-electron chi connectivity index (χ1n) is 10.7. The molecule has 1 heterocycles. The first-order valence-corrected chi connectivity index (χ1v) is 11.6. The van der Waals surface area contributed by atoms with Gasteiger partial charge in [0.15, 0.2) is 5.78 Å². The van der Waals surface area contributed by atoms with E-state index in [1.165, 1.54) is 25.4 Å². The van der Waals surface area contributed by atoms with Crippen molar-refractivity contribution in [1.29, 1.82) is 0 Å². The predicted molar refractivity (Wildman–Crippen MR) is 133 cm³/mol. The smallest absolute Gasteiger partial charge is 0.337 e. The second-order valence-corrected chi connectivity index (χ2v) is 8.79. The number of methoxy groups -OCH3 is 1. The number of carbonyl (C=O) groups excluding carboxylic acids is 2. The molecule has 172 valence electrons. The number of Topliss-reactive ketones (excluding diaryl/α,β-unsaturated/α-hetero) is 1. The van der Waals surface area contributed by atoms with Gasteiger partial charge in [-0.25, -0.2) is 4.79 Å². The summed E-state index contributed by atoms with van der Waals surface area (Å²) >= 11 is 1.48. The third-order valence-electron chi connectivity index (χ3n) is 5.49. The molecule has 0 amide bonds. The third kappa shape index (κ3) is 5.18. The summed E-state index contributed by atoms with van der Waals surface area (Å²) in [6, 6.07) is 22.6. The van der Waals surface area contributed by atoms with Crippen LogP contribution >= 0.6 is 11.3 Å². The van der Waals surface area contributed by atoms with E-state index in [-0.39, 0.29) is 23.1 Å². The fraction of sp³-hybridized carbons (Fsp3) is 0.143. The molecule has 0 saturated carbocycles. The number of rotatable bonds is 8. The Kier molecular flexibility index (Phi) is 7.09. The Morgan fingerprint density at radius 3 is 2.12 bits per heavy atom. The number of ketones is 1. The maximum Gasteiger partial charge on any atom is 0.337 e. The molecule has 6 heteroatoms. The van der Waals surface area contributed by atoms with Crippen molar-refractivity contribution in [3.63, 3.8) is 0 Å². The molecule has 0 saturated heterocycles. The van der Waals surface area contributed by atoms with Crippen LogP contribution in [-0.2, 0) is 17.8 Å². The summed E-state index contributed by atoms with van der Waals surface area (Å²) in [5.41, 5.74) is 4.56. The van der Waals surface area contributed by atoms with Crippen molar-refractivity contribution >= 4 is 23.1 Å². The quantitative estimate of drug-likeness (QED) is 0.241. The molecular weight excluding hydrogens is 448 g/mol. The van der Waals surface area contributed by atoms with Gasteiger partial charge < -0.3 is 14.6 Å². The van der Waals surface area contributed by atoms with Gasteiger partial charge in [0.2, 0.25) is 0 Å². The average Bonchev–Trinajstić information content (AvgIpc) is 3.38. The Labute approximate surface area is 202 Å². The Bertz CT molecular complexity index is 1290. The lowest BCUT2D eigenvalue weighted by atomic mass is 10.0. The van der Waals surface area contributed by atoms with Gasteiger partial charge >= 0.3 is 5.97 Å². The lowest BCUT2D eigenvalue weighted by molar-refractivity contribution is 0.0600. The second-order valence-electron chi connectivity index (χ2n) is 7.84. The van der Waals surface area contributed by atoms with E-state index in [1.807, 2.05) is 53.9 Å². The van der Waals surface area contributed by atoms with Crippen molar-refractivity contribution in [2.75, 3.05) is 7.11 Å². The lowest BCUT2D eigenvalue weighted by Gasteiger charge is -2.14. The first-order chi connectivity index (χ1) is 16.5. The van der Waals surface area contributed by atoms with Gasteiger partial charge in [0.1, 0.15) is 18.1 Å². The molecule has 0 aliphatic rings. The van der Waals surface area contributed by atoms with Crippen molar-refractivity contribution in [2.45, 2.75) is 20.0 Å². The number of phenols is 1. The van der Waals surface area contributed by atoms with Crippen molar-refractivity contribution in [3.8, 4) is 21.9 Å². The molecule has 1 N–H and O–H groups in total. The van der Waals surface area contributed by atoms with Crippen LogP contribution in [0.15, 0.2) is 78.2 Å². The number of esters is 1. The fourth-order valence-electron chi connectivity index (χ4n) is 3.66. The molecule has 0 radical (unpaired) electrons. The summed E-state index contributed by atoms with van der Waals surface area (Å²) < 4.78 is 10.8. The largest absolute Gasteiger partial charge is 0.506 e. The fourth-order valence-corrected chi connectivity index (χ4v) is 4.44. The number of thiophene rings is 1. The van der Waals surface area contributed by atoms with E-state index in [2.05, 4.69) is 0 Å². The van der Waals surface area contributed by atoms with Crippen molar-refractivity contribution in [3.05, 3.63) is 106 Å². The molecule has 0 unspecified atom stereocenters. The Morgan fingerprint density at radius 2 is 1.53 bits per heavy atom. The highest BCUT2D eigenvalue weighted by atomic mass is 32.1. The normalized spacial score (nSPS) is 10.6. The molecular formula is C28H24O5S. The van der Waals surface area contributed by atoms with Gasteiger partial charge in [-0.2, -0.15) is 0 Å². The van der Waals surface area contributed by atoms with Gasteiger partial charge in [0.05, 0.1) is 23.8 Å². The monoisotopic (exact) mass is 472 g/mol. The topological polar surface area (TPSA) is 72.8 Å². The predicted octanol–water partition coefficient (Wildman–Crippen LogP) is 6.28. The molecule has 1 aromatic heterocycles.